The van der Waals surface area contributed by atoms with Gasteiger partial charge in [-0.3, -0.25) is 0 Å². The molecule has 96 valence electrons. The average molecular weight is 255 g/mol. The van der Waals surface area contributed by atoms with Gasteiger partial charge in [0.05, 0.1) is 19.1 Å². The van der Waals surface area contributed by atoms with E-state index in [0.29, 0.717) is 17.7 Å². The summed E-state index contributed by atoms with van der Waals surface area (Å²) < 4.78 is 18.6. The molecule has 0 aliphatic heterocycles. The minimum Gasteiger partial charge on any atom is -0.496 e. The zero-order valence-electron chi connectivity index (χ0n) is 10.6. The zero-order chi connectivity index (χ0) is 13.7. The fourth-order valence-electron chi connectivity index (χ4n) is 2.05. The Morgan fingerprint density at radius 2 is 1.95 bits per heavy atom. The molecule has 2 aromatic rings. The molecule has 0 N–H and O–H groups in total. The van der Waals surface area contributed by atoms with Gasteiger partial charge in [0, 0.05) is 5.56 Å². The molecular formula is C16H14FNO. The van der Waals surface area contributed by atoms with Gasteiger partial charge in [-0.15, -0.1) is 0 Å². The van der Waals surface area contributed by atoms with Crippen LogP contribution in [-0.2, 0) is 6.42 Å². The molecule has 0 saturated carbocycles. The van der Waals surface area contributed by atoms with Crippen molar-refractivity contribution < 1.29 is 9.13 Å². The van der Waals surface area contributed by atoms with E-state index in [0.717, 1.165) is 5.56 Å². The van der Waals surface area contributed by atoms with Crippen LogP contribution < -0.4 is 4.74 Å². The number of nitriles is 1. The van der Waals surface area contributed by atoms with Gasteiger partial charge in [-0.05, 0) is 30.2 Å². The standard InChI is InChI=1S/C16H14FNO/c1-19-16-8-7-14(17)10-15(16)13(11-18)9-12-5-3-2-4-6-12/h2-8,10,13H,9H2,1H3. The summed E-state index contributed by atoms with van der Waals surface area (Å²) in [6.07, 6.45) is 0.539. The van der Waals surface area contributed by atoms with Gasteiger partial charge in [0.25, 0.3) is 0 Å². The molecule has 2 rings (SSSR count). The summed E-state index contributed by atoms with van der Waals surface area (Å²) in [6, 6.07) is 16.2. The smallest absolute Gasteiger partial charge is 0.123 e. The highest BCUT2D eigenvalue weighted by Crippen LogP contribution is 2.29. The van der Waals surface area contributed by atoms with Gasteiger partial charge in [0.15, 0.2) is 0 Å². The average Bonchev–Trinajstić information content (AvgIpc) is 2.46. The van der Waals surface area contributed by atoms with Gasteiger partial charge in [-0.2, -0.15) is 5.26 Å². The van der Waals surface area contributed by atoms with Crippen molar-refractivity contribution in [1.82, 2.24) is 0 Å². The van der Waals surface area contributed by atoms with Crippen molar-refractivity contribution in [2.75, 3.05) is 7.11 Å². The lowest BCUT2D eigenvalue weighted by molar-refractivity contribution is 0.406. The first-order valence-electron chi connectivity index (χ1n) is 6.01. The van der Waals surface area contributed by atoms with Crippen molar-refractivity contribution in [1.29, 1.82) is 5.26 Å². The molecule has 0 radical (unpaired) electrons. The Labute approximate surface area is 112 Å². The van der Waals surface area contributed by atoms with Crippen LogP contribution in [0.3, 0.4) is 0 Å². The molecule has 0 aromatic heterocycles. The maximum atomic E-state index is 13.4. The molecule has 19 heavy (non-hydrogen) atoms. The number of halogens is 1. The van der Waals surface area contributed by atoms with Crippen LogP contribution in [0.15, 0.2) is 48.5 Å². The van der Waals surface area contributed by atoms with E-state index in [4.69, 9.17) is 4.74 Å². The van der Waals surface area contributed by atoms with Crippen LogP contribution in [0.1, 0.15) is 17.0 Å². The summed E-state index contributed by atoms with van der Waals surface area (Å²) >= 11 is 0. The first kappa shape index (κ1) is 13.1. The van der Waals surface area contributed by atoms with Crippen LogP contribution >= 0.6 is 0 Å². The third kappa shape index (κ3) is 3.11. The van der Waals surface area contributed by atoms with Crippen molar-refractivity contribution in [3.8, 4) is 11.8 Å². The zero-order valence-corrected chi connectivity index (χ0v) is 10.6. The summed E-state index contributed by atoms with van der Waals surface area (Å²) in [6.45, 7) is 0. The van der Waals surface area contributed by atoms with E-state index in [1.165, 1.54) is 19.2 Å². The second kappa shape index (κ2) is 6.01. The monoisotopic (exact) mass is 255 g/mol. The first-order valence-corrected chi connectivity index (χ1v) is 6.01. The molecular weight excluding hydrogens is 241 g/mol. The third-order valence-corrected chi connectivity index (χ3v) is 3.01. The number of hydrogen-bond donors (Lipinski definition) is 0. The number of benzene rings is 2. The third-order valence-electron chi connectivity index (χ3n) is 3.01. The van der Waals surface area contributed by atoms with Crippen molar-refractivity contribution in [2.45, 2.75) is 12.3 Å². The Hall–Kier alpha value is -2.34. The summed E-state index contributed by atoms with van der Waals surface area (Å²) in [5.41, 5.74) is 1.63. The van der Waals surface area contributed by atoms with Crippen LogP contribution in [0.25, 0.3) is 0 Å². The topological polar surface area (TPSA) is 33.0 Å². The summed E-state index contributed by atoms with van der Waals surface area (Å²) in [4.78, 5) is 0. The fourth-order valence-corrected chi connectivity index (χ4v) is 2.05. The lowest BCUT2D eigenvalue weighted by atomic mass is 9.92. The Balaban J connectivity index is 2.32. The normalized spacial score (nSPS) is 11.6. The maximum Gasteiger partial charge on any atom is 0.123 e. The van der Waals surface area contributed by atoms with Crippen LogP contribution in [-0.4, -0.2) is 7.11 Å². The SMILES string of the molecule is COc1ccc(F)cc1C(C#N)Cc1ccccc1. The van der Waals surface area contributed by atoms with Crippen LogP contribution in [0.4, 0.5) is 4.39 Å². The largest absolute Gasteiger partial charge is 0.496 e. The van der Waals surface area contributed by atoms with Crippen molar-refractivity contribution in [3.63, 3.8) is 0 Å². The molecule has 0 fully saturated rings. The molecule has 3 heteroatoms. The van der Waals surface area contributed by atoms with E-state index < -0.39 is 5.92 Å². The Morgan fingerprint density at radius 3 is 2.58 bits per heavy atom. The van der Waals surface area contributed by atoms with E-state index in [1.54, 1.807) is 6.07 Å². The van der Waals surface area contributed by atoms with Crippen LogP contribution in [0.2, 0.25) is 0 Å². The van der Waals surface area contributed by atoms with Gasteiger partial charge in [-0.25, -0.2) is 4.39 Å². The molecule has 1 atom stereocenters. The molecule has 0 saturated heterocycles. The number of methoxy groups -OCH3 is 1. The van der Waals surface area contributed by atoms with E-state index in [-0.39, 0.29) is 5.82 Å². The molecule has 0 amide bonds. The number of nitrogens with zero attached hydrogens (tertiary/aromatic N) is 1. The number of hydrogen-bond acceptors (Lipinski definition) is 2. The quantitative estimate of drug-likeness (QED) is 0.834. The highest BCUT2D eigenvalue weighted by Gasteiger charge is 2.17. The minimum atomic E-state index is -0.423. The Kier molecular flexibility index (Phi) is 4.15. The van der Waals surface area contributed by atoms with E-state index in [2.05, 4.69) is 6.07 Å². The molecule has 2 aromatic carbocycles. The first-order chi connectivity index (χ1) is 9.24. The summed E-state index contributed by atoms with van der Waals surface area (Å²) in [7, 11) is 1.52. The van der Waals surface area contributed by atoms with Gasteiger partial charge in [-0.1, -0.05) is 30.3 Å². The molecule has 0 heterocycles. The molecule has 1 unspecified atom stereocenters. The molecule has 2 nitrogen and oxygen atoms in total. The number of ether oxygens (including phenoxy) is 1. The fraction of sp³-hybridized carbons (Fsp3) is 0.188. The molecule has 0 bridgehead atoms. The van der Waals surface area contributed by atoms with Gasteiger partial charge in [0.1, 0.15) is 11.6 Å². The molecule has 0 aliphatic rings. The van der Waals surface area contributed by atoms with E-state index >= 15 is 0 Å². The van der Waals surface area contributed by atoms with Gasteiger partial charge < -0.3 is 4.74 Å². The maximum absolute atomic E-state index is 13.4. The summed E-state index contributed by atoms with van der Waals surface area (Å²) in [5, 5.41) is 9.32. The number of rotatable bonds is 4. The van der Waals surface area contributed by atoms with E-state index in [1.807, 2.05) is 30.3 Å². The van der Waals surface area contributed by atoms with Crippen LogP contribution in [0, 0.1) is 17.1 Å². The van der Waals surface area contributed by atoms with Crippen molar-refractivity contribution >= 4 is 0 Å². The highest BCUT2D eigenvalue weighted by molar-refractivity contribution is 5.40. The van der Waals surface area contributed by atoms with Gasteiger partial charge in [0.2, 0.25) is 0 Å². The highest BCUT2D eigenvalue weighted by atomic mass is 19.1. The Bertz CT molecular complexity index is 589. The Morgan fingerprint density at radius 1 is 1.21 bits per heavy atom. The second-order valence-electron chi connectivity index (χ2n) is 4.26. The summed E-state index contributed by atoms with van der Waals surface area (Å²) in [5.74, 6) is -0.235. The van der Waals surface area contributed by atoms with Crippen LogP contribution in [0.5, 0.6) is 5.75 Å². The second-order valence-corrected chi connectivity index (χ2v) is 4.26. The van der Waals surface area contributed by atoms with Crippen molar-refractivity contribution in [3.05, 3.63) is 65.5 Å². The van der Waals surface area contributed by atoms with E-state index in [9.17, 15) is 9.65 Å². The van der Waals surface area contributed by atoms with Crippen molar-refractivity contribution in [2.24, 2.45) is 0 Å². The lowest BCUT2D eigenvalue weighted by Gasteiger charge is -2.13. The predicted molar refractivity (Wildman–Crippen MR) is 71.5 cm³/mol. The minimum absolute atomic E-state index is 0.357. The lowest BCUT2D eigenvalue weighted by Crippen LogP contribution is -2.03. The van der Waals surface area contributed by atoms with Gasteiger partial charge >= 0.3 is 0 Å². The molecule has 0 aliphatic carbocycles. The molecule has 0 spiro atoms. The predicted octanol–water partition coefficient (Wildman–Crippen LogP) is 3.68.